The van der Waals surface area contributed by atoms with Crippen LogP contribution in [-0.4, -0.2) is 29.2 Å². The smallest absolute Gasteiger partial charge is 0.410 e. The second kappa shape index (κ2) is 6.06. The molecule has 4 nitrogen and oxygen atoms in total. The number of carbonyl (C=O) groups excluding carboxylic acids is 1. The number of benzene rings is 1. The zero-order valence-electron chi connectivity index (χ0n) is 14.7. The van der Waals surface area contributed by atoms with Gasteiger partial charge in [-0.3, -0.25) is 0 Å². The second-order valence-electron chi connectivity index (χ2n) is 8.01. The number of rotatable bonds is 2. The van der Waals surface area contributed by atoms with Gasteiger partial charge in [-0.15, -0.1) is 0 Å². The van der Waals surface area contributed by atoms with Crippen LogP contribution in [0.4, 0.5) is 10.5 Å². The maximum Gasteiger partial charge on any atom is 0.410 e. The molecule has 1 aromatic carbocycles. The lowest BCUT2D eigenvalue weighted by atomic mass is 9.81. The number of anilines is 1. The van der Waals surface area contributed by atoms with Crippen molar-refractivity contribution in [1.29, 1.82) is 0 Å². The summed E-state index contributed by atoms with van der Waals surface area (Å²) in [7, 11) is 0. The first kappa shape index (κ1) is 16.2. The third kappa shape index (κ3) is 3.80. The Hall–Kier alpha value is -1.71. The normalized spacial score (nSPS) is 23.7. The molecule has 0 saturated heterocycles. The lowest BCUT2D eigenvalue weighted by Crippen LogP contribution is -2.40. The van der Waals surface area contributed by atoms with Crippen LogP contribution in [0, 0.1) is 5.92 Å². The highest BCUT2D eigenvalue weighted by atomic mass is 16.6. The fourth-order valence-corrected chi connectivity index (χ4v) is 3.47. The number of ether oxygens (including phenoxy) is 1. The van der Waals surface area contributed by atoms with E-state index in [0.29, 0.717) is 12.6 Å². The van der Waals surface area contributed by atoms with Gasteiger partial charge in [0.25, 0.3) is 0 Å². The minimum absolute atomic E-state index is 0.214. The van der Waals surface area contributed by atoms with Gasteiger partial charge in [0.15, 0.2) is 0 Å². The van der Waals surface area contributed by atoms with Crippen molar-refractivity contribution in [1.82, 2.24) is 4.90 Å². The molecule has 0 unspecified atom stereocenters. The summed E-state index contributed by atoms with van der Waals surface area (Å²) in [6, 6.07) is 6.99. The van der Waals surface area contributed by atoms with Gasteiger partial charge in [0.05, 0.1) is 0 Å². The van der Waals surface area contributed by atoms with Crippen LogP contribution in [0.5, 0.6) is 0 Å². The maximum atomic E-state index is 12.3. The minimum atomic E-state index is -0.443. The molecule has 1 aromatic rings. The molecular formula is C19H28N2O2. The van der Waals surface area contributed by atoms with Crippen LogP contribution >= 0.6 is 0 Å². The van der Waals surface area contributed by atoms with E-state index in [0.717, 1.165) is 18.9 Å². The maximum absolute atomic E-state index is 12.3. The van der Waals surface area contributed by atoms with Gasteiger partial charge >= 0.3 is 6.09 Å². The molecule has 126 valence electrons. The van der Waals surface area contributed by atoms with Crippen molar-refractivity contribution in [3.8, 4) is 0 Å². The van der Waals surface area contributed by atoms with E-state index in [9.17, 15) is 4.79 Å². The van der Waals surface area contributed by atoms with Gasteiger partial charge in [0.2, 0.25) is 0 Å². The first-order valence-electron chi connectivity index (χ1n) is 8.67. The van der Waals surface area contributed by atoms with Crippen molar-refractivity contribution in [3.05, 3.63) is 29.3 Å². The van der Waals surface area contributed by atoms with Crippen molar-refractivity contribution >= 4 is 11.8 Å². The molecule has 2 aliphatic rings. The number of nitrogens with one attached hydrogen (secondary N) is 1. The summed E-state index contributed by atoms with van der Waals surface area (Å²) in [5.74, 6) is 0.842. The SMILES string of the molecule is CC1CC(Nc2cccc3c2CCN(C(=O)OC(C)(C)C)C3)C1. The second-order valence-corrected chi connectivity index (χ2v) is 8.01. The van der Waals surface area contributed by atoms with Crippen LogP contribution in [0.1, 0.15) is 51.7 Å². The summed E-state index contributed by atoms with van der Waals surface area (Å²) in [6.45, 7) is 9.39. The Kier molecular flexibility index (Phi) is 4.26. The Morgan fingerprint density at radius 2 is 2.04 bits per heavy atom. The third-order valence-corrected chi connectivity index (χ3v) is 4.65. The van der Waals surface area contributed by atoms with E-state index < -0.39 is 5.60 Å². The van der Waals surface area contributed by atoms with E-state index in [-0.39, 0.29) is 6.09 Å². The molecular weight excluding hydrogens is 288 g/mol. The number of carbonyl (C=O) groups is 1. The quantitative estimate of drug-likeness (QED) is 0.889. The largest absolute Gasteiger partial charge is 0.444 e. The average molecular weight is 316 g/mol. The van der Waals surface area contributed by atoms with Crippen molar-refractivity contribution in [2.75, 3.05) is 11.9 Å². The van der Waals surface area contributed by atoms with E-state index in [2.05, 4.69) is 30.4 Å². The van der Waals surface area contributed by atoms with Gasteiger partial charge in [0.1, 0.15) is 5.60 Å². The van der Waals surface area contributed by atoms with Gasteiger partial charge in [-0.25, -0.2) is 4.79 Å². The zero-order chi connectivity index (χ0) is 16.6. The first-order chi connectivity index (χ1) is 10.8. The van der Waals surface area contributed by atoms with Crippen LogP contribution in [0.15, 0.2) is 18.2 Å². The number of fused-ring (bicyclic) bond motifs is 1. The van der Waals surface area contributed by atoms with Crippen LogP contribution in [0.2, 0.25) is 0 Å². The highest BCUT2D eigenvalue weighted by molar-refractivity contribution is 5.69. The fourth-order valence-electron chi connectivity index (χ4n) is 3.47. The van der Waals surface area contributed by atoms with Crippen LogP contribution in [-0.2, 0) is 17.7 Å². The number of nitrogens with zero attached hydrogens (tertiary/aromatic N) is 1. The van der Waals surface area contributed by atoms with E-state index in [1.54, 1.807) is 0 Å². The molecule has 3 rings (SSSR count). The van der Waals surface area contributed by atoms with Crippen LogP contribution < -0.4 is 5.32 Å². The van der Waals surface area contributed by atoms with E-state index >= 15 is 0 Å². The molecule has 4 heteroatoms. The highest BCUT2D eigenvalue weighted by Crippen LogP contribution is 2.33. The lowest BCUT2D eigenvalue weighted by Gasteiger charge is -2.36. The molecule has 0 radical (unpaired) electrons. The summed E-state index contributed by atoms with van der Waals surface area (Å²) >= 11 is 0. The van der Waals surface area contributed by atoms with Gasteiger partial charge < -0.3 is 15.0 Å². The molecule has 0 aromatic heterocycles. The monoisotopic (exact) mass is 316 g/mol. The number of hydrogen-bond acceptors (Lipinski definition) is 3. The van der Waals surface area contributed by atoms with Crippen molar-refractivity contribution in [2.45, 2.75) is 65.1 Å². The molecule has 1 N–H and O–H groups in total. The Labute approximate surface area is 139 Å². The summed E-state index contributed by atoms with van der Waals surface area (Å²) in [5.41, 5.74) is 3.41. The fraction of sp³-hybridized carbons (Fsp3) is 0.632. The van der Waals surface area contributed by atoms with Gasteiger partial charge in [-0.2, -0.15) is 0 Å². The van der Waals surface area contributed by atoms with E-state index in [1.165, 1.54) is 29.7 Å². The summed E-state index contributed by atoms with van der Waals surface area (Å²) in [5, 5.41) is 3.68. The summed E-state index contributed by atoms with van der Waals surface area (Å²) < 4.78 is 5.50. The summed E-state index contributed by atoms with van der Waals surface area (Å²) in [4.78, 5) is 14.1. The van der Waals surface area contributed by atoms with Gasteiger partial charge in [-0.05, 0) is 63.1 Å². The highest BCUT2D eigenvalue weighted by Gasteiger charge is 2.29. The van der Waals surface area contributed by atoms with Gasteiger partial charge in [0, 0.05) is 24.8 Å². The lowest BCUT2D eigenvalue weighted by molar-refractivity contribution is 0.0224. The molecule has 1 heterocycles. The Morgan fingerprint density at radius 1 is 1.30 bits per heavy atom. The molecule has 0 bridgehead atoms. The molecule has 0 atom stereocenters. The molecule has 1 aliphatic heterocycles. The first-order valence-corrected chi connectivity index (χ1v) is 8.67. The van der Waals surface area contributed by atoms with Crippen molar-refractivity contribution in [3.63, 3.8) is 0 Å². The Bertz CT molecular complexity index is 586. The van der Waals surface area contributed by atoms with Crippen molar-refractivity contribution < 1.29 is 9.53 Å². The molecule has 1 aliphatic carbocycles. The predicted octanol–water partition coefficient (Wildman–Crippen LogP) is 4.19. The third-order valence-electron chi connectivity index (χ3n) is 4.65. The Morgan fingerprint density at radius 3 is 2.70 bits per heavy atom. The number of amides is 1. The standard InChI is InChI=1S/C19H28N2O2/c1-13-10-15(11-13)20-17-7-5-6-14-12-21(9-8-16(14)17)18(22)23-19(2,3)4/h5-7,13,15,20H,8-12H2,1-4H3. The number of hydrogen-bond donors (Lipinski definition) is 1. The predicted molar refractivity (Wildman–Crippen MR) is 92.6 cm³/mol. The zero-order valence-corrected chi connectivity index (χ0v) is 14.7. The van der Waals surface area contributed by atoms with Gasteiger partial charge in [-0.1, -0.05) is 19.1 Å². The Balaban J connectivity index is 1.68. The molecule has 23 heavy (non-hydrogen) atoms. The molecule has 1 fully saturated rings. The molecule has 1 amide bonds. The van der Waals surface area contributed by atoms with Crippen molar-refractivity contribution in [2.24, 2.45) is 5.92 Å². The van der Waals surface area contributed by atoms with Crippen LogP contribution in [0.3, 0.4) is 0 Å². The molecule has 0 spiro atoms. The van der Waals surface area contributed by atoms with E-state index in [1.807, 2.05) is 25.7 Å². The topological polar surface area (TPSA) is 41.6 Å². The average Bonchev–Trinajstić information content (AvgIpc) is 2.43. The minimum Gasteiger partial charge on any atom is -0.444 e. The summed E-state index contributed by atoms with van der Waals surface area (Å²) in [6.07, 6.45) is 3.19. The van der Waals surface area contributed by atoms with E-state index in [4.69, 9.17) is 4.74 Å². The molecule has 1 saturated carbocycles. The van der Waals surface area contributed by atoms with Crippen LogP contribution in [0.25, 0.3) is 0 Å².